The highest BCUT2D eigenvalue weighted by molar-refractivity contribution is 8.03. The molecule has 0 aromatic carbocycles. The van der Waals surface area contributed by atoms with Gasteiger partial charge in [-0.15, -0.1) is 11.3 Å². The van der Waals surface area contributed by atoms with Gasteiger partial charge in [0.05, 0.1) is 12.1 Å². The Morgan fingerprint density at radius 1 is 1.19 bits per heavy atom. The summed E-state index contributed by atoms with van der Waals surface area (Å²) in [5, 5.41) is 17.4. The van der Waals surface area contributed by atoms with E-state index in [1.165, 1.54) is 11.3 Å². The van der Waals surface area contributed by atoms with Crippen LogP contribution in [0.3, 0.4) is 0 Å². The Bertz CT molecular complexity index is 471. The van der Waals surface area contributed by atoms with Crippen molar-refractivity contribution in [1.82, 2.24) is 10.6 Å². The number of carbonyl (C=O) groups excluding carboxylic acids is 2. The molecular formula is C13H18N2O3S3. The fourth-order valence-corrected chi connectivity index (χ4v) is 4.95. The smallest absolute Gasteiger partial charge is 0.309 e. The van der Waals surface area contributed by atoms with E-state index >= 15 is 0 Å². The Morgan fingerprint density at radius 3 is 2.48 bits per heavy atom. The second-order valence-electron chi connectivity index (χ2n) is 4.77. The zero-order chi connectivity index (χ0) is 15.1. The fourth-order valence-electron chi connectivity index (χ4n) is 1.77. The van der Waals surface area contributed by atoms with Crippen LogP contribution in [-0.2, 0) is 16.1 Å². The first-order valence-electron chi connectivity index (χ1n) is 6.55. The number of aliphatic hydroxyl groups is 1. The average molecular weight is 346 g/mol. The molecule has 5 nitrogen and oxygen atoms in total. The molecule has 0 radical (unpaired) electrons. The van der Waals surface area contributed by atoms with E-state index in [0.717, 1.165) is 16.4 Å². The predicted molar refractivity (Wildman–Crippen MR) is 88.8 cm³/mol. The van der Waals surface area contributed by atoms with E-state index in [4.69, 9.17) is 0 Å². The van der Waals surface area contributed by atoms with E-state index in [9.17, 15) is 14.7 Å². The minimum absolute atomic E-state index is 0.109. The van der Waals surface area contributed by atoms with Gasteiger partial charge in [0.25, 0.3) is 0 Å². The largest absolute Gasteiger partial charge is 0.386 e. The molecule has 0 spiro atoms. The van der Waals surface area contributed by atoms with Crippen LogP contribution < -0.4 is 10.6 Å². The minimum Gasteiger partial charge on any atom is -0.386 e. The maximum atomic E-state index is 11.7. The summed E-state index contributed by atoms with van der Waals surface area (Å²) < 4.78 is 0. The van der Waals surface area contributed by atoms with Crippen LogP contribution in [0.4, 0.5) is 0 Å². The van der Waals surface area contributed by atoms with Crippen molar-refractivity contribution in [2.24, 2.45) is 0 Å². The zero-order valence-electron chi connectivity index (χ0n) is 11.5. The van der Waals surface area contributed by atoms with E-state index in [-0.39, 0.29) is 6.54 Å². The molecule has 2 rings (SSSR count). The monoisotopic (exact) mass is 346 g/mol. The van der Waals surface area contributed by atoms with E-state index in [1.807, 2.05) is 17.5 Å². The van der Waals surface area contributed by atoms with Gasteiger partial charge < -0.3 is 15.7 Å². The lowest BCUT2D eigenvalue weighted by Crippen LogP contribution is -2.50. The van der Waals surface area contributed by atoms with Crippen LogP contribution in [0.15, 0.2) is 17.5 Å². The van der Waals surface area contributed by atoms with Gasteiger partial charge >= 0.3 is 11.8 Å². The fraction of sp³-hybridized carbons (Fsp3) is 0.538. The highest BCUT2D eigenvalue weighted by atomic mass is 32.2. The summed E-state index contributed by atoms with van der Waals surface area (Å²) in [6.07, 6.45) is 0. The summed E-state index contributed by atoms with van der Waals surface area (Å²) in [5.41, 5.74) is -0.935. The summed E-state index contributed by atoms with van der Waals surface area (Å²) in [4.78, 5) is 24.4. The second kappa shape index (κ2) is 8.07. The van der Waals surface area contributed by atoms with Crippen LogP contribution in [-0.4, -0.2) is 52.1 Å². The average Bonchev–Trinajstić information content (AvgIpc) is 2.90. The summed E-state index contributed by atoms with van der Waals surface area (Å²) in [6, 6.07) is 3.79. The molecule has 8 heteroatoms. The van der Waals surface area contributed by atoms with Crippen LogP contribution >= 0.6 is 34.9 Å². The van der Waals surface area contributed by atoms with Crippen molar-refractivity contribution in [3.63, 3.8) is 0 Å². The van der Waals surface area contributed by atoms with Crippen LogP contribution in [0.25, 0.3) is 0 Å². The normalized spacial score (nSPS) is 17.8. The van der Waals surface area contributed by atoms with Gasteiger partial charge in [0.15, 0.2) is 0 Å². The topological polar surface area (TPSA) is 78.4 Å². The molecule has 2 heterocycles. The molecule has 0 atom stereocenters. The van der Waals surface area contributed by atoms with Gasteiger partial charge in [-0.1, -0.05) is 6.07 Å². The Balaban J connectivity index is 1.74. The SMILES string of the molecule is O=C(NCc1cccs1)C(=O)NCC1(O)CSCCSC1. The maximum Gasteiger partial charge on any atom is 0.309 e. The molecule has 116 valence electrons. The lowest BCUT2D eigenvalue weighted by molar-refractivity contribution is -0.139. The van der Waals surface area contributed by atoms with E-state index < -0.39 is 17.4 Å². The quantitative estimate of drug-likeness (QED) is 0.699. The van der Waals surface area contributed by atoms with Crippen LogP contribution in [0, 0.1) is 0 Å². The molecule has 1 aromatic heterocycles. The molecule has 0 saturated carbocycles. The van der Waals surface area contributed by atoms with Gasteiger partial charge in [0.1, 0.15) is 0 Å². The first-order chi connectivity index (χ1) is 10.1. The first-order valence-corrected chi connectivity index (χ1v) is 9.74. The number of rotatable bonds is 4. The summed E-state index contributed by atoms with van der Waals surface area (Å²) in [6.45, 7) is 0.456. The summed E-state index contributed by atoms with van der Waals surface area (Å²) in [7, 11) is 0. The molecule has 0 bridgehead atoms. The molecule has 3 N–H and O–H groups in total. The third-order valence-corrected chi connectivity index (χ3v) is 6.50. The molecule has 0 aliphatic carbocycles. The zero-order valence-corrected chi connectivity index (χ0v) is 13.9. The number of hydrogen-bond acceptors (Lipinski definition) is 6. The van der Waals surface area contributed by atoms with Gasteiger partial charge in [-0.05, 0) is 11.4 Å². The molecule has 1 aliphatic rings. The van der Waals surface area contributed by atoms with Crippen molar-refractivity contribution in [1.29, 1.82) is 0 Å². The van der Waals surface area contributed by atoms with Gasteiger partial charge in [-0.25, -0.2) is 0 Å². The molecular weight excluding hydrogens is 328 g/mol. The van der Waals surface area contributed by atoms with Crippen molar-refractivity contribution in [2.75, 3.05) is 29.6 Å². The van der Waals surface area contributed by atoms with Gasteiger partial charge in [-0.3, -0.25) is 9.59 Å². The number of hydrogen-bond donors (Lipinski definition) is 3. The number of carbonyl (C=O) groups is 2. The Morgan fingerprint density at radius 2 is 1.86 bits per heavy atom. The van der Waals surface area contributed by atoms with Crippen LogP contribution in [0.2, 0.25) is 0 Å². The highest BCUT2D eigenvalue weighted by Crippen LogP contribution is 2.24. The predicted octanol–water partition coefficient (Wildman–Crippen LogP) is 0.692. The van der Waals surface area contributed by atoms with Gasteiger partial charge in [0, 0.05) is 34.4 Å². The first kappa shape index (κ1) is 16.7. The Kier molecular flexibility index (Phi) is 6.40. The number of amides is 2. The van der Waals surface area contributed by atoms with Crippen molar-refractivity contribution >= 4 is 46.7 Å². The molecule has 21 heavy (non-hydrogen) atoms. The summed E-state index contributed by atoms with van der Waals surface area (Å²) in [5.74, 6) is 1.80. The molecule has 1 aliphatic heterocycles. The van der Waals surface area contributed by atoms with E-state index in [1.54, 1.807) is 23.5 Å². The van der Waals surface area contributed by atoms with Crippen molar-refractivity contribution < 1.29 is 14.7 Å². The standard InChI is InChI=1S/C13H18N2O3S3/c16-11(14-6-10-2-1-3-21-10)12(17)15-7-13(18)8-19-4-5-20-9-13/h1-3,18H,4-9H2,(H,14,16)(H,15,17). The molecule has 0 unspecified atom stereocenters. The summed E-state index contributed by atoms with van der Waals surface area (Å²) >= 11 is 4.86. The van der Waals surface area contributed by atoms with Crippen molar-refractivity contribution in [3.8, 4) is 0 Å². The molecule has 1 saturated heterocycles. The number of thiophene rings is 1. The van der Waals surface area contributed by atoms with Gasteiger partial charge in [-0.2, -0.15) is 23.5 Å². The van der Waals surface area contributed by atoms with Gasteiger partial charge in [0.2, 0.25) is 0 Å². The number of nitrogens with one attached hydrogen (secondary N) is 2. The third-order valence-electron chi connectivity index (χ3n) is 2.90. The molecule has 1 aromatic rings. The lowest BCUT2D eigenvalue weighted by Gasteiger charge is -2.25. The van der Waals surface area contributed by atoms with Crippen LogP contribution in [0.5, 0.6) is 0 Å². The van der Waals surface area contributed by atoms with E-state index in [2.05, 4.69) is 10.6 Å². The Labute approximate surface area is 136 Å². The highest BCUT2D eigenvalue weighted by Gasteiger charge is 2.30. The number of thioether (sulfide) groups is 2. The Hall–Kier alpha value is -0.700. The van der Waals surface area contributed by atoms with Crippen molar-refractivity contribution in [2.45, 2.75) is 12.1 Å². The second-order valence-corrected chi connectivity index (χ2v) is 8.02. The maximum absolute atomic E-state index is 11.7. The third kappa shape index (κ3) is 5.54. The minimum atomic E-state index is -0.935. The molecule has 1 fully saturated rings. The lowest BCUT2D eigenvalue weighted by atomic mass is 10.1. The van der Waals surface area contributed by atoms with E-state index in [0.29, 0.717) is 18.1 Å². The molecule has 2 amide bonds. The van der Waals surface area contributed by atoms with Crippen molar-refractivity contribution in [3.05, 3.63) is 22.4 Å². The van der Waals surface area contributed by atoms with Crippen LogP contribution in [0.1, 0.15) is 4.88 Å².